The van der Waals surface area contributed by atoms with Crippen molar-refractivity contribution in [3.05, 3.63) is 35.9 Å². The molecule has 0 aliphatic heterocycles. The molecule has 5 fully saturated rings. The normalized spacial score (nSPS) is 40.6. The van der Waals surface area contributed by atoms with Gasteiger partial charge in [0.2, 0.25) is 5.91 Å². The number of nitrogens with two attached hydrogens (primary N) is 1. The van der Waals surface area contributed by atoms with E-state index in [0.29, 0.717) is 29.8 Å². The third-order valence-corrected chi connectivity index (χ3v) is 9.79. The number of amides is 1. The minimum absolute atomic E-state index is 0.143. The van der Waals surface area contributed by atoms with Crippen LogP contribution in [0.15, 0.2) is 30.3 Å². The number of hydrogen-bond acceptors (Lipinski definition) is 2. The summed E-state index contributed by atoms with van der Waals surface area (Å²) in [6.07, 6.45) is 14.2. The Morgan fingerprint density at radius 3 is 2.31 bits per heavy atom. The van der Waals surface area contributed by atoms with Crippen molar-refractivity contribution in [3.8, 4) is 0 Å². The lowest BCUT2D eigenvalue weighted by atomic mass is 9.39. The van der Waals surface area contributed by atoms with E-state index in [1.807, 2.05) is 0 Å². The highest BCUT2D eigenvalue weighted by Crippen LogP contribution is 2.68. The van der Waals surface area contributed by atoms with E-state index >= 15 is 0 Å². The standard InChI is InChI=1S/C29H44N2O/c1-20(2)7-6-10-26-21-15-28(23-8-4-3-5-9-23)16-22(26)18-29(17-21,19-28)27(32)31-25-13-11-24(30)12-14-25/h3-5,8-9,20-22,24-26H,6-7,10-19,30H2,1-2H3,(H,31,32)/t21?,22?,24-,25-,26?,28?,29?. The van der Waals surface area contributed by atoms with Crippen LogP contribution in [0.5, 0.6) is 0 Å². The van der Waals surface area contributed by atoms with Gasteiger partial charge in [-0.25, -0.2) is 0 Å². The van der Waals surface area contributed by atoms with Crippen LogP contribution in [0.3, 0.4) is 0 Å². The quantitative estimate of drug-likeness (QED) is 0.554. The first-order chi connectivity index (χ1) is 15.4. The average Bonchev–Trinajstić information content (AvgIpc) is 2.77. The van der Waals surface area contributed by atoms with E-state index in [9.17, 15) is 4.79 Å². The second-order valence-electron chi connectivity index (χ2n) is 12.5. The Labute approximate surface area is 195 Å². The molecule has 1 aromatic rings. The molecule has 0 aromatic heterocycles. The van der Waals surface area contributed by atoms with Crippen molar-refractivity contribution in [1.29, 1.82) is 0 Å². The zero-order valence-corrected chi connectivity index (χ0v) is 20.3. The largest absolute Gasteiger partial charge is 0.353 e. The van der Waals surface area contributed by atoms with E-state index in [1.54, 1.807) is 0 Å². The average molecular weight is 437 g/mol. The number of carbonyl (C=O) groups excluding carboxylic acids is 1. The van der Waals surface area contributed by atoms with Crippen LogP contribution >= 0.6 is 0 Å². The highest BCUT2D eigenvalue weighted by molar-refractivity contribution is 5.84. The first-order valence-electron chi connectivity index (χ1n) is 13.5. The lowest BCUT2D eigenvalue weighted by Gasteiger charge is -2.64. The maximum Gasteiger partial charge on any atom is 0.226 e. The van der Waals surface area contributed by atoms with E-state index in [0.717, 1.165) is 56.8 Å². The smallest absolute Gasteiger partial charge is 0.226 e. The van der Waals surface area contributed by atoms with Gasteiger partial charge in [0, 0.05) is 12.1 Å². The maximum absolute atomic E-state index is 13.9. The topological polar surface area (TPSA) is 55.1 Å². The van der Waals surface area contributed by atoms with Gasteiger partial charge in [-0.1, -0.05) is 57.0 Å². The van der Waals surface area contributed by atoms with Gasteiger partial charge in [0.15, 0.2) is 0 Å². The Kier molecular flexibility index (Phi) is 6.16. The summed E-state index contributed by atoms with van der Waals surface area (Å²) in [6, 6.07) is 11.9. The third-order valence-electron chi connectivity index (χ3n) is 9.79. The molecule has 3 N–H and O–H groups in total. The van der Waals surface area contributed by atoms with Crippen LogP contribution in [-0.2, 0) is 10.2 Å². The Morgan fingerprint density at radius 2 is 1.69 bits per heavy atom. The number of rotatable bonds is 7. The molecule has 6 rings (SSSR count). The molecule has 1 amide bonds. The van der Waals surface area contributed by atoms with Gasteiger partial charge in [-0.2, -0.15) is 0 Å². The highest BCUT2D eigenvalue weighted by atomic mass is 16.2. The summed E-state index contributed by atoms with van der Waals surface area (Å²) >= 11 is 0. The highest BCUT2D eigenvalue weighted by Gasteiger charge is 2.63. The molecule has 0 saturated heterocycles. The van der Waals surface area contributed by atoms with E-state index in [1.165, 1.54) is 37.7 Å². The molecule has 0 heterocycles. The molecule has 0 radical (unpaired) electrons. The SMILES string of the molecule is CC(C)CCCC1C2CC3(C(=O)N[C@H]4CC[C@H](N)CC4)CC1CC(c1ccccc1)(C2)C3. The summed E-state index contributed by atoms with van der Waals surface area (Å²) in [7, 11) is 0. The molecule has 5 saturated carbocycles. The van der Waals surface area contributed by atoms with Gasteiger partial charge >= 0.3 is 0 Å². The first-order valence-corrected chi connectivity index (χ1v) is 13.5. The maximum atomic E-state index is 13.9. The molecule has 2 unspecified atom stereocenters. The number of nitrogens with one attached hydrogen (secondary N) is 1. The molecular weight excluding hydrogens is 392 g/mol. The van der Waals surface area contributed by atoms with Crippen LogP contribution in [0, 0.1) is 29.1 Å². The summed E-state index contributed by atoms with van der Waals surface area (Å²) in [4.78, 5) is 13.9. The third kappa shape index (κ3) is 4.15. The second-order valence-corrected chi connectivity index (χ2v) is 12.5. The van der Waals surface area contributed by atoms with Crippen LogP contribution in [0.2, 0.25) is 0 Å². The van der Waals surface area contributed by atoms with Crippen molar-refractivity contribution in [1.82, 2.24) is 5.32 Å². The van der Waals surface area contributed by atoms with Crippen LogP contribution in [0.4, 0.5) is 0 Å². The summed E-state index contributed by atoms with van der Waals surface area (Å²) < 4.78 is 0. The zero-order valence-electron chi connectivity index (χ0n) is 20.3. The van der Waals surface area contributed by atoms with Gasteiger partial charge in [-0.05, 0) is 98.9 Å². The summed E-state index contributed by atoms with van der Waals surface area (Å²) in [5, 5.41) is 3.54. The number of carbonyl (C=O) groups is 1. The molecule has 4 bridgehead atoms. The van der Waals surface area contributed by atoms with Gasteiger partial charge in [0.1, 0.15) is 0 Å². The molecule has 5 aliphatic carbocycles. The zero-order chi connectivity index (χ0) is 22.3. The number of hydrogen-bond donors (Lipinski definition) is 2. The first kappa shape index (κ1) is 22.4. The van der Waals surface area contributed by atoms with E-state index in [2.05, 4.69) is 49.5 Å². The predicted molar refractivity (Wildman–Crippen MR) is 131 cm³/mol. The minimum atomic E-state index is -0.143. The lowest BCUT2D eigenvalue weighted by Crippen LogP contribution is -2.62. The molecule has 3 heteroatoms. The van der Waals surface area contributed by atoms with Gasteiger partial charge in [-0.3, -0.25) is 4.79 Å². The Morgan fingerprint density at radius 1 is 1.03 bits per heavy atom. The molecule has 0 spiro atoms. The van der Waals surface area contributed by atoms with E-state index in [4.69, 9.17) is 5.73 Å². The van der Waals surface area contributed by atoms with Crippen molar-refractivity contribution in [2.24, 2.45) is 34.8 Å². The molecule has 176 valence electrons. The van der Waals surface area contributed by atoms with Gasteiger partial charge in [-0.15, -0.1) is 0 Å². The predicted octanol–water partition coefficient (Wildman–Crippen LogP) is 5.96. The second kappa shape index (κ2) is 8.78. The van der Waals surface area contributed by atoms with E-state index < -0.39 is 0 Å². The summed E-state index contributed by atoms with van der Waals surface area (Å²) in [6.45, 7) is 4.69. The molecule has 3 nitrogen and oxygen atoms in total. The summed E-state index contributed by atoms with van der Waals surface area (Å²) in [5.74, 6) is 3.44. The molecule has 1 aromatic carbocycles. The molecule has 2 atom stereocenters. The number of benzene rings is 1. The minimum Gasteiger partial charge on any atom is -0.353 e. The Balaban J connectivity index is 1.37. The van der Waals surface area contributed by atoms with Crippen molar-refractivity contribution in [3.63, 3.8) is 0 Å². The van der Waals surface area contributed by atoms with Gasteiger partial charge in [0.25, 0.3) is 0 Å². The van der Waals surface area contributed by atoms with Crippen LogP contribution in [0.1, 0.15) is 96.5 Å². The fraction of sp³-hybridized carbons (Fsp3) is 0.759. The fourth-order valence-corrected chi connectivity index (χ4v) is 8.48. The van der Waals surface area contributed by atoms with Crippen LogP contribution in [-0.4, -0.2) is 18.0 Å². The van der Waals surface area contributed by atoms with E-state index in [-0.39, 0.29) is 10.8 Å². The van der Waals surface area contributed by atoms with Crippen LogP contribution in [0.25, 0.3) is 0 Å². The van der Waals surface area contributed by atoms with Crippen molar-refractivity contribution in [2.75, 3.05) is 0 Å². The van der Waals surface area contributed by atoms with Crippen molar-refractivity contribution >= 4 is 5.91 Å². The van der Waals surface area contributed by atoms with Crippen molar-refractivity contribution < 1.29 is 4.79 Å². The monoisotopic (exact) mass is 436 g/mol. The van der Waals surface area contributed by atoms with Gasteiger partial charge in [0.05, 0.1) is 5.41 Å². The Hall–Kier alpha value is -1.35. The van der Waals surface area contributed by atoms with Crippen LogP contribution < -0.4 is 11.1 Å². The lowest BCUT2D eigenvalue weighted by molar-refractivity contribution is -0.159. The van der Waals surface area contributed by atoms with Crippen molar-refractivity contribution in [2.45, 2.75) is 108 Å². The summed E-state index contributed by atoms with van der Waals surface area (Å²) in [5.41, 5.74) is 7.69. The fourth-order valence-electron chi connectivity index (χ4n) is 8.48. The van der Waals surface area contributed by atoms with Gasteiger partial charge < -0.3 is 11.1 Å². The molecular formula is C29H44N2O. The molecule has 5 aliphatic rings. The Bertz CT molecular complexity index is 779. The molecule has 32 heavy (non-hydrogen) atoms.